The maximum absolute atomic E-state index is 3.53. The maximum atomic E-state index is 3.53. The van der Waals surface area contributed by atoms with E-state index in [0.29, 0.717) is 0 Å². The largest absolute Gasteiger partial charge is 0.316 e. The van der Waals surface area contributed by atoms with Crippen molar-refractivity contribution in [1.82, 2.24) is 10.2 Å². The van der Waals surface area contributed by atoms with Crippen molar-refractivity contribution in [2.45, 2.75) is 46.2 Å². The molecule has 0 amide bonds. The fourth-order valence-electron chi connectivity index (χ4n) is 3.41. The molecule has 0 aromatic rings. The highest BCUT2D eigenvalue weighted by atomic mass is 15.2. The van der Waals surface area contributed by atoms with Crippen LogP contribution in [0.15, 0.2) is 0 Å². The number of hydrogen-bond donors (Lipinski definition) is 1. The monoisotopic (exact) mass is 210 g/mol. The van der Waals surface area contributed by atoms with Gasteiger partial charge in [-0.25, -0.2) is 0 Å². The van der Waals surface area contributed by atoms with Crippen LogP contribution in [0.4, 0.5) is 0 Å². The smallest absolute Gasteiger partial charge is 0.0114 e. The quantitative estimate of drug-likeness (QED) is 0.766. The van der Waals surface area contributed by atoms with Gasteiger partial charge in [0.05, 0.1) is 0 Å². The van der Waals surface area contributed by atoms with Crippen LogP contribution in [0.1, 0.15) is 34.1 Å². The zero-order chi connectivity index (χ0) is 11.0. The number of nitrogens with zero attached hydrogens (tertiary/aromatic N) is 1. The van der Waals surface area contributed by atoms with Gasteiger partial charge < -0.3 is 5.32 Å². The lowest BCUT2D eigenvalue weighted by atomic mass is 9.94. The number of hydrogen-bond acceptors (Lipinski definition) is 2. The van der Waals surface area contributed by atoms with Crippen molar-refractivity contribution in [1.29, 1.82) is 0 Å². The van der Waals surface area contributed by atoms with E-state index >= 15 is 0 Å². The first kappa shape index (κ1) is 11.4. The second kappa shape index (κ2) is 4.42. The van der Waals surface area contributed by atoms with Crippen molar-refractivity contribution in [3.63, 3.8) is 0 Å². The van der Waals surface area contributed by atoms with Crippen LogP contribution in [0, 0.1) is 17.8 Å². The van der Waals surface area contributed by atoms with Gasteiger partial charge in [-0.2, -0.15) is 0 Å². The molecule has 5 unspecified atom stereocenters. The van der Waals surface area contributed by atoms with E-state index in [1.807, 2.05) is 0 Å². The lowest BCUT2D eigenvalue weighted by Crippen LogP contribution is -2.42. The molecule has 15 heavy (non-hydrogen) atoms. The van der Waals surface area contributed by atoms with Crippen molar-refractivity contribution in [3.8, 4) is 0 Å². The van der Waals surface area contributed by atoms with Crippen LogP contribution in [0.25, 0.3) is 0 Å². The maximum Gasteiger partial charge on any atom is 0.0114 e. The van der Waals surface area contributed by atoms with Crippen molar-refractivity contribution in [3.05, 3.63) is 0 Å². The molecule has 88 valence electrons. The van der Waals surface area contributed by atoms with Gasteiger partial charge in [0.25, 0.3) is 0 Å². The molecule has 2 fully saturated rings. The first-order chi connectivity index (χ1) is 7.15. The molecule has 2 saturated heterocycles. The highest BCUT2D eigenvalue weighted by molar-refractivity contribution is 4.98. The standard InChI is InChI=1S/C13H26N2/c1-5-9(2)10(3)15-8-12-6-14-7-13(12)11(15)4/h9-14H,5-8H2,1-4H3. The molecule has 0 saturated carbocycles. The van der Waals surface area contributed by atoms with E-state index in [1.54, 1.807) is 0 Å². The third-order valence-corrected chi connectivity index (χ3v) is 4.97. The molecule has 2 nitrogen and oxygen atoms in total. The molecule has 0 aliphatic carbocycles. The second-order valence-corrected chi connectivity index (χ2v) is 5.65. The Morgan fingerprint density at radius 1 is 1.33 bits per heavy atom. The molecule has 2 heteroatoms. The van der Waals surface area contributed by atoms with Crippen LogP contribution >= 0.6 is 0 Å². The lowest BCUT2D eigenvalue weighted by molar-refractivity contribution is 0.137. The van der Waals surface area contributed by atoms with Gasteiger partial charge in [0.1, 0.15) is 0 Å². The van der Waals surface area contributed by atoms with Crippen LogP contribution in [0.2, 0.25) is 0 Å². The van der Waals surface area contributed by atoms with E-state index in [1.165, 1.54) is 26.1 Å². The minimum absolute atomic E-state index is 0.760. The third-order valence-electron chi connectivity index (χ3n) is 4.97. The molecule has 2 rings (SSSR count). The van der Waals surface area contributed by atoms with Gasteiger partial charge in [-0.05, 0) is 44.7 Å². The summed E-state index contributed by atoms with van der Waals surface area (Å²) in [4.78, 5) is 2.75. The average Bonchev–Trinajstić information content (AvgIpc) is 2.80. The number of nitrogens with one attached hydrogen (secondary N) is 1. The van der Waals surface area contributed by atoms with Gasteiger partial charge in [0.2, 0.25) is 0 Å². The molecule has 0 spiro atoms. The van der Waals surface area contributed by atoms with Crippen molar-refractivity contribution in [2.75, 3.05) is 19.6 Å². The van der Waals surface area contributed by atoms with Crippen LogP contribution < -0.4 is 5.32 Å². The molecule has 2 heterocycles. The fourth-order valence-corrected chi connectivity index (χ4v) is 3.41. The van der Waals surface area contributed by atoms with Crippen molar-refractivity contribution >= 4 is 0 Å². The molecule has 2 aliphatic rings. The van der Waals surface area contributed by atoms with Crippen LogP contribution in [-0.4, -0.2) is 36.6 Å². The molecule has 2 aliphatic heterocycles. The van der Waals surface area contributed by atoms with Crippen molar-refractivity contribution < 1.29 is 0 Å². The second-order valence-electron chi connectivity index (χ2n) is 5.65. The molecular formula is C13H26N2. The van der Waals surface area contributed by atoms with Crippen molar-refractivity contribution in [2.24, 2.45) is 17.8 Å². The molecule has 1 N–H and O–H groups in total. The number of rotatable bonds is 3. The van der Waals surface area contributed by atoms with E-state index in [-0.39, 0.29) is 0 Å². The Labute approximate surface area is 94.4 Å². The SMILES string of the molecule is CCC(C)C(C)N1CC2CNCC2C1C. The molecule has 0 aromatic carbocycles. The van der Waals surface area contributed by atoms with Crippen LogP contribution in [0.3, 0.4) is 0 Å². The van der Waals surface area contributed by atoms with Gasteiger partial charge in [-0.15, -0.1) is 0 Å². The summed E-state index contributed by atoms with van der Waals surface area (Å²) in [6.07, 6.45) is 1.30. The Hall–Kier alpha value is -0.0800. The molecule has 0 aromatic heterocycles. The predicted octanol–water partition coefficient (Wildman–Crippen LogP) is 1.96. The summed E-state index contributed by atoms with van der Waals surface area (Å²) in [6.45, 7) is 13.4. The Kier molecular flexibility index (Phi) is 3.36. The topological polar surface area (TPSA) is 15.3 Å². The lowest BCUT2D eigenvalue weighted by Gasteiger charge is -2.34. The summed E-state index contributed by atoms with van der Waals surface area (Å²) in [5.74, 6) is 2.67. The number of fused-ring (bicyclic) bond motifs is 1. The summed E-state index contributed by atoms with van der Waals surface area (Å²) in [5, 5.41) is 3.53. The zero-order valence-electron chi connectivity index (χ0n) is 10.7. The summed E-state index contributed by atoms with van der Waals surface area (Å²) in [5.41, 5.74) is 0. The molecule has 0 radical (unpaired) electrons. The Bertz CT molecular complexity index is 213. The van der Waals surface area contributed by atoms with Gasteiger partial charge in [0.15, 0.2) is 0 Å². The zero-order valence-corrected chi connectivity index (χ0v) is 10.7. The van der Waals surface area contributed by atoms with Gasteiger partial charge >= 0.3 is 0 Å². The Morgan fingerprint density at radius 2 is 2.07 bits per heavy atom. The van der Waals surface area contributed by atoms with Crippen LogP contribution in [0.5, 0.6) is 0 Å². The van der Waals surface area contributed by atoms with Gasteiger partial charge in [-0.1, -0.05) is 20.3 Å². The summed E-state index contributed by atoms with van der Waals surface area (Å²) < 4.78 is 0. The van der Waals surface area contributed by atoms with Gasteiger partial charge in [0, 0.05) is 18.6 Å². The highest BCUT2D eigenvalue weighted by Crippen LogP contribution is 2.35. The third kappa shape index (κ3) is 1.94. The summed E-state index contributed by atoms with van der Waals surface area (Å²) >= 11 is 0. The first-order valence-corrected chi connectivity index (χ1v) is 6.61. The normalized spacial score (nSPS) is 40.4. The first-order valence-electron chi connectivity index (χ1n) is 6.61. The fraction of sp³-hybridized carbons (Fsp3) is 1.00. The average molecular weight is 210 g/mol. The highest BCUT2D eigenvalue weighted by Gasteiger charge is 2.43. The summed E-state index contributed by atoms with van der Waals surface area (Å²) in [6, 6.07) is 1.55. The molecule has 5 atom stereocenters. The van der Waals surface area contributed by atoms with E-state index in [2.05, 4.69) is 37.9 Å². The number of likely N-dealkylation sites (tertiary alicyclic amines) is 1. The molecular weight excluding hydrogens is 184 g/mol. The molecule has 0 bridgehead atoms. The predicted molar refractivity (Wildman–Crippen MR) is 64.9 cm³/mol. The van der Waals surface area contributed by atoms with E-state index in [9.17, 15) is 0 Å². The van der Waals surface area contributed by atoms with E-state index in [4.69, 9.17) is 0 Å². The van der Waals surface area contributed by atoms with Crippen LogP contribution in [-0.2, 0) is 0 Å². The van der Waals surface area contributed by atoms with Gasteiger partial charge in [-0.3, -0.25) is 4.90 Å². The van der Waals surface area contributed by atoms with E-state index < -0.39 is 0 Å². The summed E-state index contributed by atoms with van der Waals surface area (Å²) in [7, 11) is 0. The Balaban J connectivity index is 2.00. The van der Waals surface area contributed by atoms with E-state index in [0.717, 1.165) is 29.8 Å². The minimum atomic E-state index is 0.760. The minimum Gasteiger partial charge on any atom is -0.316 e. The Morgan fingerprint density at radius 3 is 2.67 bits per heavy atom.